The topological polar surface area (TPSA) is 30.5 Å². The second-order valence-corrected chi connectivity index (χ2v) is 3.61. The first-order valence-electron chi connectivity index (χ1n) is 5.14. The van der Waals surface area contributed by atoms with Crippen LogP contribution in [0, 0.1) is 5.92 Å². The summed E-state index contributed by atoms with van der Waals surface area (Å²) in [7, 11) is 1.50. The normalized spacial score (nSPS) is 26.7. The van der Waals surface area contributed by atoms with Gasteiger partial charge in [-0.2, -0.15) is 0 Å². The number of hydrogen-bond acceptors (Lipinski definition) is 3. The predicted molar refractivity (Wildman–Crippen MR) is 60.8 cm³/mol. The fraction of sp³-hybridized carbons (Fsp3) is 1.00. The SMILES string of the molecule is CCCO[B]OC1CNCCC1C.Cl. The van der Waals surface area contributed by atoms with Crippen molar-refractivity contribution in [2.75, 3.05) is 19.7 Å². The predicted octanol–water partition coefficient (Wildman–Crippen LogP) is 1.38. The van der Waals surface area contributed by atoms with Gasteiger partial charge in [-0.3, -0.25) is 0 Å². The minimum Gasteiger partial charge on any atom is -0.413 e. The molecule has 0 aromatic heterocycles. The van der Waals surface area contributed by atoms with E-state index in [2.05, 4.69) is 19.2 Å². The molecule has 1 aliphatic rings. The number of hydrogen-bond donors (Lipinski definition) is 1. The van der Waals surface area contributed by atoms with Gasteiger partial charge >= 0.3 is 7.69 Å². The maximum absolute atomic E-state index is 5.49. The molecule has 0 aromatic rings. The molecule has 0 amide bonds. The monoisotopic (exact) mass is 220 g/mol. The Bertz CT molecular complexity index is 140. The van der Waals surface area contributed by atoms with E-state index < -0.39 is 0 Å². The molecule has 1 aliphatic heterocycles. The lowest BCUT2D eigenvalue weighted by Crippen LogP contribution is -2.41. The second-order valence-electron chi connectivity index (χ2n) is 3.61. The Labute approximate surface area is 93.6 Å². The van der Waals surface area contributed by atoms with Gasteiger partial charge in [-0.1, -0.05) is 13.8 Å². The molecule has 1 saturated heterocycles. The first kappa shape index (κ1) is 14.2. The minimum absolute atomic E-state index is 0. The number of halogens is 1. The fourth-order valence-electron chi connectivity index (χ4n) is 1.42. The van der Waals surface area contributed by atoms with Gasteiger partial charge in [0.2, 0.25) is 0 Å². The van der Waals surface area contributed by atoms with E-state index in [1.165, 1.54) is 14.1 Å². The second kappa shape index (κ2) is 8.54. The summed E-state index contributed by atoms with van der Waals surface area (Å²) >= 11 is 0. The summed E-state index contributed by atoms with van der Waals surface area (Å²) in [5.74, 6) is 0.628. The Morgan fingerprint density at radius 3 is 2.93 bits per heavy atom. The van der Waals surface area contributed by atoms with Crippen molar-refractivity contribution in [2.24, 2.45) is 5.92 Å². The van der Waals surface area contributed by atoms with Crippen molar-refractivity contribution in [1.29, 1.82) is 0 Å². The Hall–Kier alpha value is 0.235. The molecular formula is C9H20BClNO2. The van der Waals surface area contributed by atoms with Crippen LogP contribution in [0.15, 0.2) is 0 Å². The van der Waals surface area contributed by atoms with Crippen molar-refractivity contribution < 1.29 is 9.31 Å². The smallest absolute Gasteiger partial charge is 0.413 e. The van der Waals surface area contributed by atoms with Gasteiger partial charge in [0.15, 0.2) is 0 Å². The molecular weight excluding hydrogens is 200 g/mol. The van der Waals surface area contributed by atoms with E-state index in [1.54, 1.807) is 0 Å². The van der Waals surface area contributed by atoms with Gasteiger partial charge in [-0.25, -0.2) is 0 Å². The average molecular weight is 221 g/mol. The van der Waals surface area contributed by atoms with Gasteiger partial charge in [0.05, 0.1) is 6.10 Å². The molecule has 1 fully saturated rings. The van der Waals surface area contributed by atoms with Crippen LogP contribution in [0.5, 0.6) is 0 Å². The van der Waals surface area contributed by atoms with Crippen molar-refractivity contribution in [3.05, 3.63) is 0 Å². The molecule has 0 spiro atoms. The summed E-state index contributed by atoms with van der Waals surface area (Å²) in [4.78, 5) is 0. The highest BCUT2D eigenvalue weighted by Gasteiger charge is 2.21. The van der Waals surface area contributed by atoms with E-state index >= 15 is 0 Å². The van der Waals surface area contributed by atoms with Crippen LogP contribution in [0.3, 0.4) is 0 Å². The number of piperidine rings is 1. The third-order valence-corrected chi connectivity index (χ3v) is 2.38. The van der Waals surface area contributed by atoms with Crippen molar-refractivity contribution in [3.8, 4) is 0 Å². The summed E-state index contributed by atoms with van der Waals surface area (Å²) in [6.45, 7) is 7.09. The molecule has 1 radical (unpaired) electrons. The number of nitrogens with one attached hydrogen (secondary N) is 1. The third-order valence-electron chi connectivity index (χ3n) is 2.38. The van der Waals surface area contributed by atoms with Gasteiger partial charge in [-0.15, -0.1) is 12.4 Å². The zero-order valence-corrected chi connectivity index (χ0v) is 9.81. The van der Waals surface area contributed by atoms with Gasteiger partial charge < -0.3 is 14.6 Å². The highest BCUT2D eigenvalue weighted by atomic mass is 35.5. The van der Waals surface area contributed by atoms with E-state index in [4.69, 9.17) is 9.31 Å². The van der Waals surface area contributed by atoms with Crippen LogP contribution in [0.25, 0.3) is 0 Å². The van der Waals surface area contributed by atoms with E-state index in [9.17, 15) is 0 Å². The van der Waals surface area contributed by atoms with Gasteiger partial charge in [0.1, 0.15) is 0 Å². The molecule has 3 nitrogen and oxygen atoms in total. The minimum atomic E-state index is 0. The first-order valence-corrected chi connectivity index (χ1v) is 5.14. The molecule has 2 atom stereocenters. The molecule has 83 valence electrons. The fourth-order valence-corrected chi connectivity index (χ4v) is 1.42. The van der Waals surface area contributed by atoms with E-state index in [0.29, 0.717) is 5.92 Å². The summed E-state index contributed by atoms with van der Waals surface area (Å²) in [5, 5.41) is 3.31. The largest absolute Gasteiger partial charge is 0.488 e. The van der Waals surface area contributed by atoms with E-state index in [-0.39, 0.29) is 18.5 Å². The first-order chi connectivity index (χ1) is 6.34. The van der Waals surface area contributed by atoms with E-state index in [1.807, 2.05) is 0 Å². The van der Waals surface area contributed by atoms with Crippen LogP contribution in [0.4, 0.5) is 0 Å². The molecule has 1 N–H and O–H groups in total. The van der Waals surface area contributed by atoms with Gasteiger partial charge in [0.25, 0.3) is 0 Å². The molecule has 1 rings (SSSR count). The standard InChI is InChI=1S/C9H19BNO2.ClH/c1-3-6-12-10-13-9-7-11-5-4-8(9)2;/h8-9,11H,3-7H2,1-2H3;1H. The molecule has 1 heterocycles. The molecule has 0 aromatic carbocycles. The van der Waals surface area contributed by atoms with Crippen LogP contribution >= 0.6 is 12.4 Å². The highest BCUT2D eigenvalue weighted by molar-refractivity contribution is 6.18. The maximum Gasteiger partial charge on any atom is 0.488 e. The Balaban J connectivity index is 0.00000169. The van der Waals surface area contributed by atoms with Gasteiger partial charge in [0, 0.05) is 13.2 Å². The molecule has 2 unspecified atom stereocenters. The summed E-state index contributed by atoms with van der Waals surface area (Å²) in [6, 6.07) is 0. The van der Waals surface area contributed by atoms with Crippen LogP contribution in [-0.4, -0.2) is 33.5 Å². The van der Waals surface area contributed by atoms with Crippen molar-refractivity contribution in [1.82, 2.24) is 5.32 Å². The van der Waals surface area contributed by atoms with Crippen LogP contribution in [0.1, 0.15) is 26.7 Å². The van der Waals surface area contributed by atoms with Crippen molar-refractivity contribution in [2.45, 2.75) is 32.8 Å². The number of rotatable bonds is 5. The van der Waals surface area contributed by atoms with Crippen LogP contribution in [-0.2, 0) is 9.31 Å². The lowest BCUT2D eigenvalue weighted by molar-refractivity contribution is 0.0905. The summed E-state index contributed by atoms with van der Waals surface area (Å²) < 4.78 is 10.6. The molecule has 0 saturated carbocycles. The maximum atomic E-state index is 5.49. The molecule has 0 aliphatic carbocycles. The zero-order valence-electron chi connectivity index (χ0n) is 8.99. The zero-order chi connectivity index (χ0) is 9.52. The summed E-state index contributed by atoms with van der Waals surface area (Å²) in [5.41, 5.74) is 0. The molecule has 14 heavy (non-hydrogen) atoms. The third kappa shape index (κ3) is 5.20. The highest BCUT2D eigenvalue weighted by Crippen LogP contribution is 2.13. The molecule has 0 bridgehead atoms. The lowest BCUT2D eigenvalue weighted by atomic mass is 9.97. The quantitative estimate of drug-likeness (QED) is 0.561. The van der Waals surface area contributed by atoms with E-state index in [0.717, 1.165) is 26.1 Å². The average Bonchev–Trinajstić information content (AvgIpc) is 2.15. The van der Waals surface area contributed by atoms with Crippen LogP contribution in [0.2, 0.25) is 0 Å². The Morgan fingerprint density at radius 1 is 1.50 bits per heavy atom. The Morgan fingerprint density at radius 2 is 2.29 bits per heavy atom. The van der Waals surface area contributed by atoms with Gasteiger partial charge in [-0.05, 0) is 25.3 Å². The molecule has 5 heteroatoms. The Kier molecular flexibility index (Phi) is 8.68. The van der Waals surface area contributed by atoms with Crippen molar-refractivity contribution in [3.63, 3.8) is 0 Å². The van der Waals surface area contributed by atoms with Crippen LogP contribution < -0.4 is 5.32 Å². The van der Waals surface area contributed by atoms with Crippen molar-refractivity contribution >= 4 is 20.1 Å². The summed E-state index contributed by atoms with van der Waals surface area (Å²) in [6.07, 6.45) is 2.50. The lowest BCUT2D eigenvalue weighted by Gasteiger charge is -2.29.